The van der Waals surface area contributed by atoms with E-state index in [1.165, 1.54) is 0 Å². The molecule has 0 aliphatic heterocycles. The summed E-state index contributed by atoms with van der Waals surface area (Å²) in [6, 6.07) is 6.68. The Balaban J connectivity index is 1.90. The minimum atomic E-state index is -1.06. The maximum atomic E-state index is 11.5. The van der Waals surface area contributed by atoms with E-state index >= 15 is 0 Å². The fourth-order valence-electron chi connectivity index (χ4n) is 2.59. The molecule has 2 amide bonds. The van der Waals surface area contributed by atoms with Crippen LogP contribution in [0.25, 0.3) is 0 Å². The molecule has 2 rings (SSSR count). The number of carbonyl (C=O) groups excluding carboxylic acids is 2. The van der Waals surface area contributed by atoms with Crippen LogP contribution in [-0.4, -0.2) is 29.0 Å². The van der Waals surface area contributed by atoms with Crippen LogP contribution in [0, 0.1) is 11.3 Å². The Morgan fingerprint density at radius 1 is 1.30 bits per heavy atom. The van der Waals surface area contributed by atoms with Crippen LogP contribution in [0.15, 0.2) is 18.2 Å². The van der Waals surface area contributed by atoms with Crippen LogP contribution in [0.1, 0.15) is 31.2 Å². The molecule has 0 bridgehead atoms. The molecular formula is C15H17ClN4O3. The molecule has 1 aliphatic carbocycles. The van der Waals surface area contributed by atoms with E-state index in [-0.39, 0.29) is 12.1 Å². The number of hydrazine groups is 1. The second-order valence-electron chi connectivity index (χ2n) is 5.38. The van der Waals surface area contributed by atoms with E-state index in [0.29, 0.717) is 42.0 Å². The van der Waals surface area contributed by atoms with Gasteiger partial charge >= 0.3 is 11.8 Å². The number of hydrogen-bond acceptors (Lipinski definition) is 5. The fraction of sp³-hybridized carbons (Fsp3) is 0.400. The highest BCUT2D eigenvalue weighted by Crippen LogP contribution is 2.28. The van der Waals surface area contributed by atoms with Gasteiger partial charge in [0.25, 0.3) is 0 Å². The number of ether oxygens (including phenoxy) is 1. The minimum Gasteiger partial charge on any atom is -0.490 e. The molecule has 0 spiro atoms. The van der Waals surface area contributed by atoms with E-state index in [1.807, 2.05) is 6.07 Å². The minimum absolute atomic E-state index is 0.0349. The molecule has 1 saturated carbocycles. The zero-order valence-electron chi connectivity index (χ0n) is 12.4. The molecule has 122 valence electrons. The smallest absolute Gasteiger partial charge is 0.325 e. The summed E-state index contributed by atoms with van der Waals surface area (Å²) in [4.78, 5) is 22.3. The predicted octanol–water partition coefficient (Wildman–Crippen LogP) is 1.09. The van der Waals surface area contributed by atoms with E-state index in [1.54, 1.807) is 18.2 Å². The number of hydrogen-bond donors (Lipinski definition) is 2. The number of amides is 2. The highest BCUT2D eigenvalue weighted by atomic mass is 35.5. The van der Waals surface area contributed by atoms with Gasteiger partial charge in [-0.15, -0.1) is 0 Å². The lowest BCUT2D eigenvalue weighted by molar-refractivity contribution is -0.146. The van der Waals surface area contributed by atoms with Gasteiger partial charge in [0.1, 0.15) is 11.8 Å². The van der Waals surface area contributed by atoms with Gasteiger partial charge in [0.2, 0.25) is 0 Å². The first-order chi connectivity index (χ1) is 10.9. The van der Waals surface area contributed by atoms with E-state index in [0.717, 1.165) is 5.01 Å². The molecule has 0 radical (unpaired) electrons. The van der Waals surface area contributed by atoms with Crippen molar-refractivity contribution in [1.29, 1.82) is 5.26 Å². The molecule has 0 atom stereocenters. The Bertz CT molecular complexity index is 651. The summed E-state index contributed by atoms with van der Waals surface area (Å²) in [5, 5.41) is 10.1. The SMILES string of the molecule is N#Cc1ccc(OC2CCC(N(N)C(=O)C(N)=O)CC2)cc1Cl. The van der Waals surface area contributed by atoms with Gasteiger partial charge in [-0.25, -0.2) is 5.84 Å². The molecule has 0 saturated heterocycles. The molecule has 8 heteroatoms. The maximum Gasteiger partial charge on any atom is 0.325 e. The Morgan fingerprint density at radius 2 is 1.96 bits per heavy atom. The third-order valence-electron chi connectivity index (χ3n) is 3.85. The standard InChI is InChI=1S/C15H17ClN4O3/c16-13-7-12(4-1-9(13)8-17)23-11-5-2-10(3-6-11)20(19)15(22)14(18)21/h1,4,7,10-11H,2-3,5-6,19H2,(H2,18,21). The van der Waals surface area contributed by atoms with Crippen molar-refractivity contribution in [3.63, 3.8) is 0 Å². The first-order valence-electron chi connectivity index (χ1n) is 7.16. The van der Waals surface area contributed by atoms with Crippen molar-refractivity contribution in [3.05, 3.63) is 28.8 Å². The first kappa shape index (κ1) is 17.1. The van der Waals surface area contributed by atoms with Crippen LogP contribution >= 0.6 is 11.6 Å². The molecule has 1 fully saturated rings. The summed E-state index contributed by atoms with van der Waals surface area (Å²) in [6.07, 6.45) is 2.56. The van der Waals surface area contributed by atoms with Crippen LogP contribution < -0.4 is 16.3 Å². The Labute approximate surface area is 138 Å². The third-order valence-corrected chi connectivity index (χ3v) is 4.16. The largest absolute Gasteiger partial charge is 0.490 e. The van der Waals surface area contributed by atoms with E-state index in [4.69, 9.17) is 33.2 Å². The topological polar surface area (TPSA) is 122 Å². The Kier molecular flexibility index (Phi) is 5.42. The van der Waals surface area contributed by atoms with E-state index in [2.05, 4.69) is 0 Å². The third kappa shape index (κ3) is 4.12. The highest BCUT2D eigenvalue weighted by Gasteiger charge is 2.30. The van der Waals surface area contributed by atoms with Crippen LogP contribution in [0.5, 0.6) is 5.75 Å². The number of nitrogens with two attached hydrogens (primary N) is 2. The lowest BCUT2D eigenvalue weighted by Gasteiger charge is -2.33. The van der Waals surface area contributed by atoms with Gasteiger partial charge in [-0.3, -0.25) is 14.6 Å². The molecule has 23 heavy (non-hydrogen) atoms. The van der Waals surface area contributed by atoms with Crippen molar-refractivity contribution in [2.75, 3.05) is 0 Å². The van der Waals surface area contributed by atoms with Gasteiger partial charge in [-0.2, -0.15) is 5.26 Å². The average Bonchev–Trinajstić information content (AvgIpc) is 2.54. The summed E-state index contributed by atoms with van der Waals surface area (Å²) in [7, 11) is 0. The zero-order chi connectivity index (χ0) is 17.0. The quantitative estimate of drug-likeness (QED) is 0.370. The van der Waals surface area contributed by atoms with Crippen molar-refractivity contribution < 1.29 is 14.3 Å². The Hall–Kier alpha value is -2.30. The molecule has 4 N–H and O–H groups in total. The summed E-state index contributed by atoms with van der Waals surface area (Å²) in [5.74, 6) is 4.29. The number of rotatable bonds is 3. The molecule has 1 aliphatic rings. The molecule has 0 heterocycles. The second kappa shape index (κ2) is 7.31. The molecular weight excluding hydrogens is 320 g/mol. The van der Waals surface area contributed by atoms with Crippen LogP contribution in [-0.2, 0) is 9.59 Å². The molecule has 1 aromatic rings. The van der Waals surface area contributed by atoms with Gasteiger partial charge in [-0.1, -0.05) is 11.6 Å². The van der Waals surface area contributed by atoms with Crippen LogP contribution in [0.3, 0.4) is 0 Å². The number of benzene rings is 1. The number of carbonyl (C=O) groups is 2. The van der Waals surface area contributed by atoms with E-state index < -0.39 is 11.8 Å². The predicted molar refractivity (Wildman–Crippen MR) is 83.1 cm³/mol. The first-order valence-corrected chi connectivity index (χ1v) is 7.54. The number of halogens is 1. The fourth-order valence-corrected chi connectivity index (χ4v) is 2.80. The van der Waals surface area contributed by atoms with Crippen LogP contribution in [0.4, 0.5) is 0 Å². The Morgan fingerprint density at radius 3 is 2.48 bits per heavy atom. The van der Waals surface area contributed by atoms with Crippen molar-refractivity contribution in [1.82, 2.24) is 5.01 Å². The average molecular weight is 337 g/mol. The van der Waals surface area contributed by atoms with Crippen molar-refractivity contribution >= 4 is 23.4 Å². The summed E-state index contributed by atoms with van der Waals surface area (Å²) < 4.78 is 5.84. The summed E-state index contributed by atoms with van der Waals surface area (Å²) in [5.41, 5.74) is 5.34. The molecule has 1 aromatic carbocycles. The van der Waals surface area contributed by atoms with Gasteiger partial charge in [0.15, 0.2) is 0 Å². The van der Waals surface area contributed by atoms with Crippen LogP contribution in [0.2, 0.25) is 5.02 Å². The number of primary amides is 1. The highest BCUT2D eigenvalue weighted by molar-refractivity contribution is 6.34. The van der Waals surface area contributed by atoms with Gasteiger partial charge < -0.3 is 10.5 Å². The van der Waals surface area contributed by atoms with E-state index in [9.17, 15) is 9.59 Å². The lowest BCUT2D eigenvalue weighted by Crippen LogP contribution is -2.52. The van der Waals surface area contributed by atoms with Crippen molar-refractivity contribution in [2.45, 2.75) is 37.8 Å². The van der Waals surface area contributed by atoms with Crippen molar-refractivity contribution in [3.8, 4) is 11.8 Å². The zero-order valence-corrected chi connectivity index (χ0v) is 13.1. The number of nitriles is 1. The van der Waals surface area contributed by atoms with Gasteiger partial charge in [0, 0.05) is 12.1 Å². The molecule has 0 unspecified atom stereocenters. The summed E-state index contributed by atoms with van der Waals surface area (Å²) >= 11 is 5.97. The monoisotopic (exact) mass is 336 g/mol. The van der Waals surface area contributed by atoms with Crippen molar-refractivity contribution in [2.24, 2.45) is 11.6 Å². The summed E-state index contributed by atoms with van der Waals surface area (Å²) in [6.45, 7) is 0. The lowest BCUT2D eigenvalue weighted by atomic mass is 9.92. The molecule has 7 nitrogen and oxygen atoms in total. The van der Waals surface area contributed by atoms with Gasteiger partial charge in [-0.05, 0) is 37.8 Å². The maximum absolute atomic E-state index is 11.5. The normalized spacial score (nSPS) is 20.4. The number of nitrogens with zero attached hydrogens (tertiary/aromatic N) is 2. The molecule has 0 aromatic heterocycles. The van der Waals surface area contributed by atoms with Gasteiger partial charge in [0.05, 0.1) is 16.7 Å². The second-order valence-corrected chi connectivity index (χ2v) is 5.79.